The molecular weight excluding hydrogens is 194 g/mol. The van der Waals surface area contributed by atoms with E-state index in [1.165, 1.54) is 50.5 Å². The molecule has 1 aromatic rings. The normalized spacial score (nSPS) is 26.3. The van der Waals surface area contributed by atoms with Crippen molar-refractivity contribution in [1.82, 2.24) is 0 Å². The summed E-state index contributed by atoms with van der Waals surface area (Å²) in [5, 5.41) is 0. The SMILES string of the molecule is NC1CCCCCC1CCc1ccccc1. The van der Waals surface area contributed by atoms with Crippen LogP contribution in [0.2, 0.25) is 0 Å². The summed E-state index contributed by atoms with van der Waals surface area (Å²) in [5.74, 6) is 0.753. The maximum absolute atomic E-state index is 6.24. The second kappa shape index (κ2) is 6.05. The lowest BCUT2D eigenvalue weighted by atomic mass is 9.89. The fourth-order valence-corrected chi connectivity index (χ4v) is 2.77. The lowest BCUT2D eigenvalue weighted by Gasteiger charge is -2.21. The van der Waals surface area contributed by atoms with Gasteiger partial charge in [0.15, 0.2) is 0 Å². The van der Waals surface area contributed by atoms with Crippen LogP contribution in [0, 0.1) is 5.92 Å². The Kier molecular flexibility index (Phi) is 4.41. The quantitative estimate of drug-likeness (QED) is 0.770. The first-order valence-electron chi connectivity index (χ1n) is 6.66. The monoisotopic (exact) mass is 217 g/mol. The van der Waals surface area contributed by atoms with Gasteiger partial charge in [-0.3, -0.25) is 0 Å². The second-order valence-electron chi connectivity index (χ2n) is 5.09. The number of nitrogens with two attached hydrogens (primary N) is 1. The molecular formula is C15H23N. The summed E-state index contributed by atoms with van der Waals surface area (Å²) in [6.45, 7) is 0. The van der Waals surface area contributed by atoms with Gasteiger partial charge in [0.05, 0.1) is 0 Å². The first-order chi connectivity index (χ1) is 7.86. The topological polar surface area (TPSA) is 26.0 Å². The summed E-state index contributed by atoms with van der Waals surface area (Å²) in [6.07, 6.45) is 9.14. The molecule has 1 aromatic carbocycles. The molecule has 2 atom stereocenters. The van der Waals surface area contributed by atoms with Crippen LogP contribution in [0.15, 0.2) is 30.3 Å². The molecule has 2 N–H and O–H groups in total. The standard InChI is InChI=1S/C15H23N/c16-15-10-6-2-5-9-14(15)12-11-13-7-3-1-4-8-13/h1,3-4,7-8,14-15H,2,5-6,9-12,16H2. The molecule has 2 unspecified atom stereocenters. The molecule has 0 aliphatic heterocycles. The third-order valence-corrected chi connectivity index (χ3v) is 3.86. The van der Waals surface area contributed by atoms with E-state index >= 15 is 0 Å². The number of benzene rings is 1. The van der Waals surface area contributed by atoms with E-state index in [0.717, 1.165) is 5.92 Å². The Balaban J connectivity index is 1.84. The maximum atomic E-state index is 6.24. The average Bonchev–Trinajstić information content (AvgIpc) is 2.53. The van der Waals surface area contributed by atoms with Crippen LogP contribution in [0.3, 0.4) is 0 Å². The summed E-state index contributed by atoms with van der Waals surface area (Å²) in [5.41, 5.74) is 7.70. The van der Waals surface area contributed by atoms with Gasteiger partial charge in [-0.1, -0.05) is 49.6 Å². The molecule has 1 nitrogen and oxygen atoms in total. The van der Waals surface area contributed by atoms with E-state index in [2.05, 4.69) is 30.3 Å². The van der Waals surface area contributed by atoms with E-state index in [1.807, 2.05) is 0 Å². The molecule has 1 aliphatic rings. The van der Waals surface area contributed by atoms with Gasteiger partial charge in [-0.25, -0.2) is 0 Å². The molecule has 2 rings (SSSR count). The molecule has 1 saturated carbocycles. The van der Waals surface area contributed by atoms with Crippen molar-refractivity contribution in [2.24, 2.45) is 11.7 Å². The Hall–Kier alpha value is -0.820. The summed E-state index contributed by atoms with van der Waals surface area (Å²) in [7, 11) is 0. The van der Waals surface area contributed by atoms with Crippen molar-refractivity contribution >= 4 is 0 Å². The molecule has 0 saturated heterocycles. The van der Waals surface area contributed by atoms with Crippen LogP contribution >= 0.6 is 0 Å². The van der Waals surface area contributed by atoms with Crippen molar-refractivity contribution in [1.29, 1.82) is 0 Å². The van der Waals surface area contributed by atoms with Crippen LogP contribution < -0.4 is 5.73 Å². The molecule has 0 bridgehead atoms. The molecule has 0 aromatic heterocycles. The lowest BCUT2D eigenvalue weighted by molar-refractivity contribution is 0.373. The van der Waals surface area contributed by atoms with E-state index in [1.54, 1.807) is 0 Å². The third kappa shape index (κ3) is 3.34. The van der Waals surface area contributed by atoms with E-state index in [0.29, 0.717) is 6.04 Å². The van der Waals surface area contributed by atoms with Crippen LogP contribution in [0.1, 0.15) is 44.1 Å². The Morgan fingerprint density at radius 1 is 1.00 bits per heavy atom. The highest BCUT2D eigenvalue weighted by Gasteiger charge is 2.19. The van der Waals surface area contributed by atoms with Gasteiger partial charge in [0.1, 0.15) is 0 Å². The number of aryl methyl sites for hydroxylation is 1. The molecule has 0 radical (unpaired) electrons. The zero-order chi connectivity index (χ0) is 11.2. The summed E-state index contributed by atoms with van der Waals surface area (Å²) < 4.78 is 0. The fourth-order valence-electron chi connectivity index (χ4n) is 2.77. The molecule has 1 aliphatic carbocycles. The van der Waals surface area contributed by atoms with Crippen LogP contribution in [0.5, 0.6) is 0 Å². The van der Waals surface area contributed by atoms with Crippen molar-refractivity contribution in [2.75, 3.05) is 0 Å². The minimum absolute atomic E-state index is 0.450. The van der Waals surface area contributed by atoms with Gasteiger partial charge in [-0.05, 0) is 37.2 Å². The number of hydrogen-bond acceptors (Lipinski definition) is 1. The van der Waals surface area contributed by atoms with Crippen LogP contribution in [-0.4, -0.2) is 6.04 Å². The highest BCUT2D eigenvalue weighted by molar-refractivity contribution is 5.14. The van der Waals surface area contributed by atoms with Gasteiger partial charge in [0, 0.05) is 6.04 Å². The molecule has 1 fully saturated rings. The average molecular weight is 217 g/mol. The van der Waals surface area contributed by atoms with Crippen molar-refractivity contribution in [3.63, 3.8) is 0 Å². The minimum atomic E-state index is 0.450. The first-order valence-corrected chi connectivity index (χ1v) is 6.66. The van der Waals surface area contributed by atoms with Crippen molar-refractivity contribution in [3.8, 4) is 0 Å². The van der Waals surface area contributed by atoms with Gasteiger partial charge < -0.3 is 5.73 Å². The first kappa shape index (κ1) is 11.7. The third-order valence-electron chi connectivity index (χ3n) is 3.86. The van der Waals surface area contributed by atoms with E-state index < -0.39 is 0 Å². The summed E-state index contributed by atoms with van der Waals surface area (Å²) >= 11 is 0. The van der Waals surface area contributed by atoms with Crippen LogP contribution in [0.4, 0.5) is 0 Å². The van der Waals surface area contributed by atoms with Gasteiger partial charge in [-0.15, -0.1) is 0 Å². The predicted octanol–water partition coefficient (Wildman–Crippen LogP) is 3.53. The highest BCUT2D eigenvalue weighted by Crippen LogP contribution is 2.25. The van der Waals surface area contributed by atoms with Crippen molar-refractivity contribution in [3.05, 3.63) is 35.9 Å². The van der Waals surface area contributed by atoms with E-state index in [4.69, 9.17) is 5.73 Å². The second-order valence-corrected chi connectivity index (χ2v) is 5.09. The van der Waals surface area contributed by atoms with Crippen molar-refractivity contribution < 1.29 is 0 Å². The molecule has 88 valence electrons. The summed E-state index contributed by atoms with van der Waals surface area (Å²) in [6, 6.07) is 11.2. The van der Waals surface area contributed by atoms with Gasteiger partial charge in [0.2, 0.25) is 0 Å². The Morgan fingerprint density at radius 3 is 2.56 bits per heavy atom. The minimum Gasteiger partial charge on any atom is -0.327 e. The zero-order valence-corrected chi connectivity index (χ0v) is 10.1. The van der Waals surface area contributed by atoms with Gasteiger partial charge in [0.25, 0.3) is 0 Å². The van der Waals surface area contributed by atoms with Gasteiger partial charge >= 0.3 is 0 Å². The van der Waals surface area contributed by atoms with Gasteiger partial charge in [-0.2, -0.15) is 0 Å². The lowest BCUT2D eigenvalue weighted by Crippen LogP contribution is -2.29. The largest absolute Gasteiger partial charge is 0.327 e. The molecule has 1 heteroatoms. The predicted molar refractivity (Wildman–Crippen MR) is 69.3 cm³/mol. The van der Waals surface area contributed by atoms with E-state index in [9.17, 15) is 0 Å². The Labute approximate surface area is 99.0 Å². The molecule has 16 heavy (non-hydrogen) atoms. The highest BCUT2D eigenvalue weighted by atomic mass is 14.6. The van der Waals surface area contributed by atoms with Crippen LogP contribution in [0.25, 0.3) is 0 Å². The fraction of sp³-hybridized carbons (Fsp3) is 0.600. The smallest absolute Gasteiger partial charge is 0.00672 e. The molecule has 0 amide bonds. The Morgan fingerprint density at radius 2 is 1.75 bits per heavy atom. The number of hydrogen-bond donors (Lipinski definition) is 1. The Bertz CT molecular complexity index is 294. The number of rotatable bonds is 3. The van der Waals surface area contributed by atoms with Crippen LogP contribution in [-0.2, 0) is 6.42 Å². The van der Waals surface area contributed by atoms with Crippen molar-refractivity contribution in [2.45, 2.75) is 51.0 Å². The zero-order valence-electron chi connectivity index (χ0n) is 10.1. The molecule has 0 heterocycles. The maximum Gasteiger partial charge on any atom is 0.00672 e. The molecule has 0 spiro atoms. The van der Waals surface area contributed by atoms with E-state index in [-0.39, 0.29) is 0 Å². The summed E-state index contributed by atoms with van der Waals surface area (Å²) in [4.78, 5) is 0.